The van der Waals surface area contributed by atoms with Crippen LogP contribution in [0.1, 0.15) is 23.1 Å². The molecule has 0 fully saturated rings. The number of benzene rings is 1. The lowest BCUT2D eigenvalue weighted by Crippen LogP contribution is -2.05. The first-order valence-electron chi connectivity index (χ1n) is 4.76. The van der Waals surface area contributed by atoms with E-state index < -0.39 is 5.97 Å². The van der Waals surface area contributed by atoms with Gasteiger partial charge in [0.05, 0.1) is 6.42 Å². The van der Waals surface area contributed by atoms with Crippen molar-refractivity contribution in [1.82, 2.24) is 0 Å². The van der Waals surface area contributed by atoms with Gasteiger partial charge in [-0.2, -0.15) is 0 Å². The molecular weight excluding hydrogens is 176 g/mol. The number of rotatable bonds is 2. The zero-order valence-electron chi connectivity index (χ0n) is 7.86. The molecule has 2 heteroatoms. The smallest absolute Gasteiger partial charge is 0.307 e. The zero-order chi connectivity index (χ0) is 9.97. The summed E-state index contributed by atoms with van der Waals surface area (Å²) < 4.78 is 0. The maximum atomic E-state index is 10.6. The summed E-state index contributed by atoms with van der Waals surface area (Å²) in [5.41, 5.74) is 3.30. The van der Waals surface area contributed by atoms with Crippen LogP contribution in [0.4, 0.5) is 0 Å². The molecule has 0 saturated carbocycles. The number of fused-ring (bicyclic) bond motifs is 1. The van der Waals surface area contributed by atoms with Crippen LogP contribution in [-0.4, -0.2) is 11.1 Å². The van der Waals surface area contributed by atoms with E-state index in [2.05, 4.69) is 12.1 Å². The van der Waals surface area contributed by atoms with Crippen molar-refractivity contribution in [3.05, 3.63) is 41.0 Å². The lowest BCUT2D eigenvalue weighted by Gasteiger charge is -2.13. The highest BCUT2D eigenvalue weighted by molar-refractivity contribution is 5.73. The number of hydrogen-bond donors (Lipinski definition) is 1. The molecule has 0 saturated heterocycles. The van der Waals surface area contributed by atoms with Crippen molar-refractivity contribution in [3.8, 4) is 0 Å². The fourth-order valence-corrected chi connectivity index (χ4v) is 1.86. The van der Waals surface area contributed by atoms with E-state index in [4.69, 9.17) is 5.11 Å². The second kappa shape index (κ2) is 3.66. The van der Waals surface area contributed by atoms with Crippen LogP contribution in [0.3, 0.4) is 0 Å². The highest BCUT2D eigenvalue weighted by atomic mass is 16.4. The third kappa shape index (κ3) is 1.69. The number of carboxylic acids is 1. The predicted octanol–water partition coefficient (Wildman–Crippen LogP) is 2.27. The lowest BCUT2D eigenvalue weighted by molar-refractivity contribution is -0.136. The molecule has 1 aromatic rings. The van der Waals surface area contributed by atoms with Crippen molar-refractivity contribution in [3.63, 3.8) is 0 Å². The largest absolute Gasteiger partial charge is 0.481 e. The monoisotopic (exact) mass is 188 g/mol. The third-order valence-electron chi connectivity index (χ3n) is 2.49. The molecule has 0 bridgehead atoms. The minimum absolute atomic E-state index is 0.119. The van der Waals surface area contributed by atoms with Gasteiger partial charge in [-0.1, -0.05) is 30.4 Å². The molecule has 0 aliphatic heterocycles. The number of aliphatic carboxylic acids is 1. The lowest BCUT2D eigenvalue weighted by atomic mass is 9.92. The average molecular weight is 188 g/mol. The Morgan fingerprint density at radius 1 is 1.43 bits per heavy atom. The van der Waals surface area contributed by atoms with Gasteiger partial charge >= 0.3 is 5.97 Å². The molecule has 0 aromatic heterocycles. The van der Waals surface area contributed by atoms with Gasteiger partial charge in [-0.3, -0.25) is 4.79 Å². The number of hydrogen-bond acceptors (Lipinski definition) is 1. The summed E-state index contributed by atoms with van der Waals surface area (Å²) in [4.78, 5) is 10.6. The molecule has 72 valence electrons. The van der Waals surface area contributed by atoms with Gasteiger partial charge in [0.15, 0.2) is 0 Å². The molecule has 0 amide bonds. The third-order valence-corrected chi connectivity index (χ3v) is 2.49. The Morgan fingerprint density at radius 2 is 2.29 bits per heavy atom. The second-order valence-corrected chi connectivity index (χ2v) is 3.50. The average Bonchev–Trinajstić information content (AvgIpc) is 2.18. The van der Waals surface area contributed by atoms with E-state index >= 15 is 0 Å². The number of carboxylic acid groups (broad SMARTS) is 1. The molecule has 0 heterocycles. The summed E-state index contributed by atoms with van der Waals surface area (Å²) in [7, 11) is 0. The Balaban J connectivity index is 2.42. The molecule has 2 rings (SSSR count). The first-order valence-corrected chi connectivity index (χ1v) is 4.76. The van der Waals surface area contributed by atoms with Crippen molar-refractivity contribution in [2.45, 2.75) is 19.3 Å². The summed E-state index contributed by atoms with van der Waals surface area (Å²) >= 11 is 0. The van der Waals surface area contributed by atoms with E-state index in [1.54, 1.807) is 0 Å². The van der Waals surface area contributed by atoms with E-state index in [9.17, 15) is 4.79 Å². The van der Waals surface area contributed by atoms with E-state index in [1.807, 2.05) is 18.2 Å². The maximum Gasteiger partial charge on any atom is 0.307 e. The van der Waals surface area contributed by atoms with E-state index in [0.29, 0.717) is 0 Å². The zero-order valence-corrected chi connectivity index (χ0v) is 7.86. The Labute approximate surface area is 82.9 Å². The van der Waals surface area contributed by atoms with Crippen LogP contribution in [0.2, 0.25) is 0 Å². The molecule has 0 radical (unpaired) electrons. The van der Waals surface area contributed by atoms with Crippen LogP contribution in [0.25, 0.3) is 6.08 Å². The van der Waals surface area contributed by atoms with Crippen molar-refractivity contribution < 1.29 is 9.90 Å². The topological polar surface area (TPSA) is 37.3 Å². The molecule has 1 aromatic carbocycles. The molecule has 1 N–H and O–H groups in total. The Hall–Kier alpha value is -1.57. The van der Waals surface area contributed by atoms with Gasteiger partial charge in [0, 0.05) is 0 Å². The minimum Gasteiger partial charge on any atom is -0.481 e. The molecular formula is C12H12O2. The summed E-state index contributed by atoms with van der Waals surface area (Å²) in [5.74, 6) is -0.766. The fourth-order valence-electron chi connectivity index (χ4n) is 1.86. The van der Waals surface area contributed by atoms with E-state index in [1.165, 1.54) is 5.56 Å². The summed E-state index contributed by atoms with van der Waals surface area (Å²) in [6.45, 7) is 0. The maximum absolute atomic E-state index is 10.6. The SMILES string of the molecule is O=C(O)Cc1cccc2c1C=CCC2. The Kier molecular flexibility index (Phi) is 2.35. The van der Waals surface area contributed by atoms with Gasteiger partial charge in [0.25, 0.3) is 0 Å². The molecule has 2 nitrogen and oxygen atoms in total. The molecule has 14 heavy (non-hydrogen) atoms. The quantitative estimate of drug-likeness (QED) is 0.773. The standard InChI is InChI=1S/C12H12O2/c13-12(14)8-10-6-3-5-9-4-1-2-7-11(9)10/h2-3,5-7H,1,4,8H2,(H,13,14). The van der Waals surface area contributed by atoms with Crippen LogP contribution >= 0.6 is 0 Å². The predicted molar refractivity (Wildman–Crippen MR) is 55.1 cm³/mol. The van der Waals surface area contributed by atoms with Gasteiger partial charge < -0.3 is 5.11 Å². The highest BCUT2D eigenvalue weighted by Gasteiger charge is 2.10. The van der Waals surface area contributed by atoms with Crippen molar-refractivity contribution in [2.24, 2.45) is 0 Å². The molecule has 0 atom stereocenters. The van der Waals surface area contributed by atoms with Gasteiger partial charge in [-0.15, -0.1) is 0 Å². The Bertz CT molecular complexity index is 391. The van der Waals surface area contributed by atoms with Crippen molar-refractivity contribution in [2.75, 3.05) is 0 Å². The van der Waals surface area contributed by atoms with Crippen LogP contribution in [0.15, 0.2) is 24.3 Å². The molecule has 0 spiro atoms. The van der Waals surface area contributed by atoms with Gasteiger partial charge in [-0.25, -0.2) is 0 Å². The van der Waals surface area contributed by atoms with Crippen LogP contribution in [0.5, 0.6) is 0 Å². The van der Waals surface area contributed by atoms with Crippen molar-refractivity contribution >= 4 is 12.0 Å². The van der Waals surface area contributed by atoms with Gasteiger partial charge in [0.1, 0.15) is 0 Å². The van der Waals surface area contributed by atoms with Crippen LogP contribution in [0, 0.1) is 0 Å². The molecule has 1 aliphatic rings. The highest BCUT2D eigenvalue weighted by Crippen LogP contribution is 2.23. The van der Waals surface area contributed by atoms with Crippen LogP contribution < -0.4 is 0 Å². The second-order valence-electron chi connectivity index (χ2n) is 3.50. The van der Waals surface area contributed by atoms with Gasteiger partial charge in [-0.05, 0) is 29.5 Å². The summed E-state index contributed by atoms with van der Waals surface area (Å²) in [6, 6.07) is 5.91. The number of aryl methyl sites for hydroxylation is 1. The van der Waals surface area contributed by atoms with Gasteiger partial charge in [0.2, 0.25) is 0 Å². The normalized spacial score (nSPS) is 13.7. The summed E-state index contributed by atoms with van der Waals surface area (Å²) in [6.07, 6.45) is 6.35. The fraction of sp³-hybridized carbons (Fsp3) is 0.250. The van der Waals surface area contributed by atoms with E-state index in [-0.39, 0.29) is 6.42 Å². The van der Waals surface area contributed by atoms with E-state index in [0.717, 1.165) is 24.0 Å². The Morgan fingerprint density at radius 3 is 3.07 bits per heavy atom. The minimum atomic E-state index is -0.766. The number of allylic oxidation sites excluding steroid dienone is 1. The first kappa shape index (κ1) is 9.00. The van der Waals surface area contributed by atoms with Crippen LogP contribution in [-0.2, 0) is 17.6 Å². The van der Waals surface area contributed by atoms with Crippen molar-refractivity contribution in [1.29, 1.82) is 0 Å². The number of carbonyl (C=O) groups is 1. The molecule has 1 aliphatic carbocycles. The first-order chi connectivity index (χ1) is 6.77. The summed E-state index contributed by atoms with van der Waals surface area (Å²) in [5, 5.41) is 8.74. The molecule has 0 unspecified atom stereocenters.